The standard InChI is InChI=1S/C14H23NO/c1-5-12(4)15-10-13-9-7-8-11(3)14(13)16-6-2/h7-9,12,15H,5-6,10H2,1-4H3. The van der Waals surface area contributed by atoms with Crippen molar-refractivity contribution in [2.45, 2.75) is 46.7 Å². The molecule has 0 saturated carbocycles. The highest BCUT2D eigenvalue weighted by Crippen LogP contribution is 2.23. The summed E-state index contributed by atoms with van der Waals surface area (Å²) in [6.45, 7) is 10.1. The van der Waals surface area contributed by atoms with Crippen molar-refractivity contribution in [3.63, 3.8) is 0 Å². The van der Waals surface area contributed by atoms with Crippen LogP contribution in [0.3, 0.4) is 0 Å². The molecular weight excluding hydrogens is 198 g/mol. The van der Waals surface area contributed by atoms with Gasteiger partial charge in [-0.25, -0.2) is 0 Å². The molecule has 0 bridgehead atoms. The lowest BCUT2D eigenvalue weighted by Gasteiger charge is -2.16. The molecule has 0 heterocycles. The Morgan fingerprint density at radius 2 is 2.06 bits per heavy atom. The van der Waals surface area contributed by atoms with Crippen molar-refractivity contribution < 1.29 is 4.74 Å². The van der Waals surface area contributed by atoms with Crippen LogP contribution in [0.4, 0.5) is 0 Å². The average molecular weight is 221 g/mol. The third-order valence-electron chi connectivity index (χ3n) is 2.84. The summed E-state index contributed by atoms with van der Waals surface area (Å²) in [6, 6.07) is 6.87. The van der Waals surface area contributed by atoms with Crippen molar-refractivity contribution >= 4 is 0 Å². The number of hydrogen-bond acceptors (Lipinski definition) is 2. The van der Waals surface area contributed by atoms with Gasteiger partial charge in [-0.05, 0) is 32.8 Å². The molecule has 0 aliphatic heterocycles. The summed E-state index contributed by atoms with van der Waals surface area (Å²) in [5.41, 5.74) is 2.47. The van der Waals surface area contributed by atoms with Crippen molar-refractivity contribution in [3.05, 3.63) is 29.3 Å². The number of nitrogens with one attached hydrogen (secondary N) is 1. The predicted octanol–water partition coefficient (Wildman–Crippen LogP) is 3.28. The Labute approximate surface area is 99.0 Å². The fourth-order valence-corrected chi connectivity index (χ4v) is 1.63. The maximum atomic E-state index is 5.69. The molecule has 2 heteroatoms. The zero-order chi connectivity index (χ0) is 12.0. The van der Waals surface area contributed by atoms with Crippen LogP contribution in [0.1, 0.15) is 38.3 Å². The van der Waals surface area contributed by atoms with Crippen molar-refractivity contribution in [2.24, 2.45) is 0 Å². The Bertz CT molecular complexity index is 323. The predicted molar refractivity (Wildman–Crippen MR) is 68.9 cm³/mol. The summed E-state index contributed by atoms with van der Waals surface area (Å²) in [5.74, 6) is 1.04. The SMILES string of the molecule is CCOc1c(C)cccc1CNC(C)CC. The first-order chi connectivity index (χ1) is 7.69. The zero-order valence-electron chi connectivity index (χ0n) is 10.8. The maximum Gasteiger partial charge on any atom is 0.126 e. The van der Waals surface area contributed by atoms with Crippen LogP contribution in [-0.2, 0) is 6.54 Å². The van der Waals surface area contributed by atoms with E-state index in [1.807, 2.05) is 6.92 Å². The number of ether oxygens (including phenoxy) is 1. The fraction of sp³-hybridized carbons (Fsp3) is 0.571. The van der Waals surface area contributed by atoms with Crippen molar-refractivity contribution in [3.8, 4) is 5.75 Å². The first-order valence-electron chi connectivity index (χ1n) is 6.13. The van der Waals surface area contributed by atoms with Gasteiger partial charge in [0, 0.05) is 18.2 Å². The molecule has 1 N–H and O–H groups in total. The average Bonchev–Trinajstić information content (AvgIpc) is 2.29. The van der Waals surface area contributed by atoms with Crippen LogP contribution in [0, 0.1) is 6.92 Å². The van der Waals surface area contributed by atoms with Gasteiger partial charge in [0.2, 0.25) is 0 Å². The monoisotopic (exact) mass is 221 g/mol. The number of aryl methyl sites for hydroxylation is 1. The van der Waals surface area contributed by atoms with E-state index in [2.05, 4.69) is 44.3 Å². The van der Waals surface area contributed by atoms with E-state index in [0.717, 1.165) is 25.3 Å². The van der Waals surface area contributed by atoms with Crippen LogP contribution in [0.5, 0.6) is 5.75 Å². The van der Waals surface area contributed by atoms with E-state index in [9.17, 15) is 0 Å². The Kier molecular flexibility index (Phi) is 5.33. The van der Waals surface area contributed by atoms with E-state index in [0.29, 0.717) is 6.04 Å². The lowest BCUT2D eigenvalue weighted by molar-refractivity contribution is 0.332. The Morgan fingerprint density at radius 1 is 1.31 bits per heavy atom. The van der Waals surface area contributed by atoms with Gasteiger partial charge < -0.3 is 10.1 Å². The van der Waals surface area contributed by atoms with Gasteiger partial charge in [-0.3, -0.25) is 0 Å². The molecule has 1 rings (SSSR count). The molecule has 0 aliphatic carbocycles. The smallest absolute Gasteiger partial charge is 0.126 e. The second-order valence-electron chi connectivity index (χ2n) is 4.19. The normalized spacial score (nSPS) is 12.5. The number of para-hydroxylation sites is 1. The molecule has 1 aromatic rings. The summed E-state index contributed by atoms with van der Waals surface area (Å²) in [7, 11) is 0. The summed E-state index contributed by atoms with van der Waals surface area (Å²) in [4.78, 5) is 0. The van der Waals surface area contributed by atoms with E-state index in [-0.39, 0.29) is 0 Å². The number of benzene rings is 1. The van der Waals surface area contributed by atoms with Gasteiger partial charge in [0.1, 0.15) is 5.75 Å². The highest BCUT2D eigenvalue weighted by molar-refractivity contribution is 5.40. The Morgan fingerprint density at radius 3 is 2.69 bits per heavy atom. The molecule has 1 aromatic carbocycles. The van der Waals surface area contributed by atoms with Crippen LogP contribution in [0.15, 0.2) is 18.2 Å². The molecule has 0 aromatic heterocycles. The zero-order valence-corrected chi connectivity index (χ0v) is 10.8. The first-order valence-corrected chi connectivity index (χ1v) is 6.13. The number of hydrogen-bond donors (Lipinski definition) is 1. The molecule has 90 valence electrons. The second kappa shape index (κ2) is 6.54. The van der Waals surface area contributed by atoms with Gasteiger partial charge in [-0.1, -0.05) is 25.1 Å². The lowest BCUT2D eigenvalue weighted by Crippen LogP contribution is -2.24. The minimum atomic E-state index is 0.551. The summed E-state index contributed by atoms with van der Waals surface area (Å²) in [5, 5.41) is 3.49. The lowest BCUT2D eigenvalue weighted by atomic mass is 10.1. The molecule has 0 aliphatic rings. The third kappa shape index (κ3) is 3.53. The van der Waals surface area contributed by atoms with Gasteiger partial charge in [-0.2, -0.15) is 0 Å². The molecule has 0 saturated heterocycles. The van der Waals surface area contributed by atoms with E-state index in [1.54, 1.807) is 0 Å². The minimum Gasteiger partial charge on any atom is -0.493 e. The largest absolute Gasteiger partial charge is 0.493 e. The van der Waals surface area contributed by atoms with Crippen LogP contribution in [0.25, 0.3) is 0 Å². The second-order valence-corrected chi connectivity index (χ2v) is 4.19. The summed E-state index contributed by atoms with van der Waals surface area (Å²) < 4.78 is 5.69. The van der Waals surface area contributed by atoms with E-state index in [4.69, 9.17) is 4.74 Å². The Hall–Kier alpha value is -1.02. The maximum absolute atomic E-state index is 5.69. The van der Waals surface area contributed by atoms with Gasteiger partial charge >= 0.3 is 0 Å². The molecule has 0 spiro atoms. The third-order valence-corrected chi connectivity index (χ3v) is 2.84. The first kappa shape index (κ1) is 13.0. The van der Waals surface area contributed by atoms with Crippen molar-refractivity contribution in [2.75, 3.05) is 6.61 Å². The molecule has 1 unspecified atom stereocenters. The molecule has 1 atom stereocenters. The minimum absolute atomic E-state index is 0.551. The topological polar surface area (TPSA) is 21.3 Å². The van der Waals surface area contributed by atoms with Crippen molar-refractivity contribution in [1.29, 1.82) is 0 Å². The number of rotatable bonds is 6. The molecule has 2 nitrogen and oxygen atoms in total. The van der Waals surface area contributed by atoms with Gasteiger partial charge in [0.05, 0.1) is 6.61 Å². The van der Waals surface area contributed by atoms with Crippen LogP contribution in [-0.4, -0.2) is 12.6 Å². The van der Waals surface area contributed by atoms with Gasteiger partial charge in [0.25, 0.3) is 0 Å². The summed E-state index contributed by atoms with van der Waals surface area (Å²) in [6.07, 6.45) is 1.15. The highest BCUT2D eigenvalue weighted by Gasteiger charge is 2.07. The molecule has 0 radical (unpaired) electrons. The molecule has 16 heavy (non-hydrogen) atoms. The van der Waals surface area contributed by atoms with E-state index >= 15 is 0 Å². The highest BCUT2D eigenvalue weighted by atomic mass is 16.5. The molecular formula is C14H23NO. The van der Waals surface area contributed by atoms with E-state index < -0.39 is 0 Å². The Balaban J connectivity index is 2.74. The molecule has 0 amide bonds. The summed E-state index contributed by atoms with van der Waals surface area (Å²) >= 11 is 0. The molecule has 0 fully saturated rings. The van der Waals surface area contributed by atoms with Crippen LogP contribution >= 0.6 is 0 Å². The van der Waals surface area contributed by atoms with Crippen molar-refractivity contribution in [1.82, 2.24) is 5.32 Å². The quantitative estimate of drug-likeness (QED) is 0.796. The van der Waals surface area contributed by atoms with Gasteiger partial charge in [-0.15, -0.1) is 0 Å². The van der Waals surface area contributed by atoms with Crippen LogP contribution < -0.4 is 10.1 Å². The van der Waals surface area contributed by atoms with Crippen LogP contribution in [0.2, 0.25) is 0 Å². The van der Waals surface area contributed by atoms with Gasteiger partial charge in [0.15, 0.2) is 0 Å². The van der Waals surface area contributed by atoms with E-state index in [1.165, 1.54) is 11.1 Å². The fourth-order valence-electron chi connectivity index (χ4n) is 1.63.